The van der Waals surface area contributed by atoms with Gasteiger partial charge >= 0.3 is 0 Å². The van der Waals surface area contributed by atoms with E-state index >= 15 is 0 Å². The number of carbonyl (C=O) groups excluding carboxylic acids is 1. The summed E-state index contributed by atoms with van der Waals surface area (Å²) in [6.45, 7) is 4.94. The van der Waals surface area contributed by atoms with E-state index in [1.54, 1.807) is 4.90 Å². The molecular weight excluding hydrogens is 294 g/mol. The molecule has 1 saturated heterocycles. The van der Waals surface area contributed by atoms with Gasteiger partial charge in [0.15, 0.2) is 0 Å². The lowest BCUT2D eigenvalue weighted by Gasteiger charge is -2.42. The molecule has 7 heteroatoms. The van der Waals surface area contributed by atoms with Gasteiger partial charge in [0, 0.05) is 30.2 Å². The van der Waals surface area contributed by atoms with E-state index < -0.39 is 4.92 Å². The number of carbonyl (C=O) groups is 1. The van der Waals surface area contributed by atoms with E-state index in [1.165, 1.54) is 18.2 Å². The minimum Gasteiger partial charge on any atom is -0.338 e. The van der Waals surface area contributed by atoms with Gasteiger partial charge in [0.1, 0.15) is 5.56 Å². The van der Waals surface area contributed by atoms with Crippen LogP contribution in [-0.4, -0.2) is 34.9 Å². The Morgan fingerprint density at radius 1 is 1.52 bits per heavy atom. The van der Waals surface area contributed by atoms with Crippen molar-refractivity contribution in [1.29, 1.82) is 0 Å². The third kappa shape index (κ3) is 3.16. The Balaban J connectivity index is 2.32. The molecule has 1 amide bonds. The number of nitrogens with two attached hydrogens (primary N) is 1. The van der Waals surface area contributed by atoms with Crippen LogP contribution in [0.25, 0.3) is 0 Å². The van der Waals surface area contributed by atoms with Gasteiger partial charge in [-0.1, -0.05) is 25.4 Å². The summed E-state index contributed by atoms with van der Waals surface area (Å²) in [4.78, 5) is 24.7. The molecule has 1 aliphatic heterocycles. The second kappa shape index (κ2) is 5.61. The molecule has 0 spiro atoms. The summed E-state index contributed by atoms with van der Waals surface area (Å²) in [5, 5.41) is 11.4. The van der Waals surface area contributed by atoms with Gasteiger partial charge in [0.05, 0.1) is 4.92 Å². The largest absolute Gasteiger partial charge is 0.338 e. The van der Waals surface area contributed by atoms with Crippen LogP contribution in [0, 0.1) is 15.5 Å². The number of piperidine rings is 1. The van der Waals surface area contributed by atoms with E-state index in [1.807, 2.05) is 13.8 Å². The molecule has 114 valence electrons. The molecule has 1 atom stereocenters. The highest BCUT2D eigenvalue weighted by Gasteiger charge is 2.37. The highest BCUT2D eigenvalue weighted by atomic mass is 35.5. The van der Waals surface area contributed by atoms with Crippen molar-refractivity contribution in [2.75, 3.05) is 13.1 Å². The summed E-state index contributed by atoms with van der Waals surface area (Å²) in [7, 11) is 0. The highest BCUT2D eigenvalue weighted by molar-refractivity contribution is 6.31. The summed E-state index contributed by atoms with van der Waals surface area (Å²) in [6, 6.07) is 4.03. The summed E-state index contributed by atoms with van der Waals surface area (Å²) >= 11 is 5.87. The van der Waals surface area contributed by atoms with E-state index in [0.29, 0.717) is 24.5 Å². The van der Waals surface area contributed by atoms with Crippen molar-refractivity contribution in [1.82, 2.24) is 4.90 Å². The molecule has 0 aliphatic carbocycles. The predicted octanol–water partition coefficient (Wildman–Crippen LogP) is 2.45. The van der Waals surface area contributed by atoms with Crippen LogP contribution in [-0.2, 0) is 0 Å². The molecule has 21 heavy (non-hydrogen) atoms. The molecule has 2 N–H and O–H groups in total. The van der Waals surface area contributed by atoms with E-state index in [-0.39, 0.29) is 28.6 Å². The Kier molecular flexibility index (Phi) is 4.20. The Labute approximate surface area is 128 Å². The standard InChI is InChI=1S/C14H18ClN3O3/c1-14(2)8-17(6-5-12(14)16)13(19)10-7-9(15)3-4-11(10)18(20)21/h3-4,7,12H,5-6,8,16H2,1-2H3. The van der Waals surface area contributed by atoms with Crippen molar-refractivity contribution in [2.24, 2.45) is 11.1 Å². The SMILES string of the molecule is CC1(C)CN(C(=O)c2cc(Cl)ccc2[N+](=O)[O-])CCC1N. The maximum Gasteiger partial charge on any atom is 0.282 e. The summed E-state index contributed by atoms with van der Waals surface area (Å²) in [5.41, 5.74) is 5.63. The predicted molar refractivity (Wildman–Crippen MR) is 80.4 cm³/mol. The summed E-state index contributed by atoms with van der Waals surface area (Å²) in [6.07, 6.45) is 0.674. The van der Waals surface area contributed by atoms with Crippen LogP contribution in [0.5, 0.6) is 0 Å². The topological polar surface area (TPSA) is 89.5 Å². The first-order valence-electron chi connectivity index (χ1n) is 6.71. The van der Waals surface area contributed by atoms with Gasteiger partial charge < -0.3 is 10.6 Å². The number of nitrogens with zero attached hydrogens (tertiary/aromatic N) is 2. The second-order valence-electron chi connectivity index (χ2n) is 6.03. The van der Waals surface area contributed by atoms with Gasteiger partial charge in [-0.3, -0.25) is 14.9 Å². The highest BCUT2D eigenvalue weighted by Crippen LogP contribution is 2.30. The van der Waals surface area contributed by atoms with Gasteiger partial charge in [0.2, 0.25) is 0 Å². The van der Waals surface area contributed by atoms with Crippen molar-refractivity contribution < 1.29 is 9.72 Å². The lowest BCUT2D eigenvalue weighted by Crippen LogP contribution is -2.54. The average Bonchev–Trinajstić information content (AvgIpc) is 2.40. The Hall–Kier alpha value is -1.66. The number of nitro groups is 1. The van der Waals surface area contributed by atoms with Crippen LogP contribution in [0.4, 0.5) is 5.69 Å². The lowest BCUT2D eigenvalue weighted by molar-refractivity contribution is -0.385. The first kappa shape index (κ1) is 15.7. The minimum atomic E-state index is -0.565. The van der Waals surface area contributed by atoms with Gasteiger partial charge in [-0.05, 0) is 24.0 Å². The molecule has 0 radical (unpaired) electrons. The molecule has 6 nitrogen and oxygen atoms in total. The Bertz CT molecular complexity index is 589. The molecule has 0 saturated carbocycles. The van der Waals surface area contributed by atoms with Crippen molar-refractivity contribution >= 4 is 23.2 Å². The Morgan fingerprint density at radius 2 is 2.19 bits per heavy atom. The minimum absolute atomic E-state index is 0.0101. The molecule has 1 heterocycles. The summed E-state index contributed by atoms with van der Waals surface area (Å²) < 4.78 is 0. The van der Waals surface area contributed by atoms with Crippen LogP contribution >= 0.6 is 11.6 Å². The molecular formula is C14H18ClN3O3. The number of hydrogen-bond donors (Lipinski definition) is 1. The summed E-state index contributed by atoms with van der Waals surface area (Å²) in [5.74, 6) is -0.371. The normalized spacial score (nSPS) is 21.1. The van der Waals surface area contributed by atoms with E-state index in [0.717, 1.165) is 0 Å². The molecule has 1 unspecified atom stereocenters. The fourth-order valence-electron chi connectivity index (χ4n) is 2.56. The zero-order valence-electron chi connectivity index (χ0n) is 12.0. The van der Waals surface area contributed by atoms with Gasteiger partial charge in [-0.15, -0.1) is 0 Å². The number of rotatable bonds is 2. The van der Waals surface area contributed by atoms with Gasteiger partial charge in [-0.25, -0.2) is 0 Å². The second-order valence-corrected chi connectivity index (χ2v) is 6.47. The molecule has 1 aliphatic rings. The zero-order valence-corrected chi connectivity index (χ0v) is 12.8. The third-order valence-electron chi connectivity index (χ3n) is 3.99. The number of nitro benzene ring substituents is 1. The first-order valence-corrected chi connectivity index (χ1v) is 7.09. The zero-order chi connectivity index (χ0) is 15.8. The monoisotopic (exact) mass is 311 g/mol. The molecule has 0 bridgehead atoms. The van der Waals surface area contributed by atoms with Crippen molar-refractivity contribution in [3.05, 3.63) is 38.9 Å². The van der Waals surface area contributed by atoms with Crippen LogP contribution in [0.15, 0.2) is 18.2 Å². The number of amides is 1. The molecule has 2 rings (SSSR count). The number of hydrogen-bond acceptors (Lipinski definition) is 4. The maximum absolute atomic E-state index is 12.6. The maximum atomic E-state index is 12.6. The number of likely N-dealkylation sites (tertiary alicyclic amines) is 1. The lowest BCUT2D eigenvalue weighted by atomic mass is 9.79. The quantitative estimate of drug-likeness (QED) is 0.671. The van der Waals surface area contributed by atoms with Crippen molar-refractivity contribution in [2.45, 2.75) is 26.3 Å². The average molecular weight is 312 g/mol. The Morgan fingerprint density at radius 3 is 2.76 bits per heavy atom. The molecule has 1 aromatic carbocycles. The van der Waals surface area contributed by atoms with Crippen molar-refractivity contribution in [3.8, 4) is 0 Å². The van der Waals surface area contributed by atoms with E-state index in [4.69, 9.17) is 17.3 Å². The molecule has 0 aromatic heterocycles. The fourth-order valence-corrected chi connectivity index (χ4v) is 2.73. The first-order chi connectivity index (χ1) is 9.72. The van der Waals surface area contributed by atoms with Gasteiger partial charge in [-0.2, -0.15) is 0 Å². The van der Waals surface area contributed by atoms with Crippen LogP contribution in [0.2, 0.25) is 5.02 Å². The van der Waals surface area contributed by atoms with Crippen LogP contribution < -0.4 is 5.73 Å². The van der Waals surface area contributed by atoms with Crippen molar-refractivity contribution in [3.63, 3.8) is 0 Å². The van der Waals surface area contributed by atoms with Crippen LogP contribution in [0.1, 0.15) is 30.6 Å². The van der Waals surface area contributed by atoms with Crippen LogP contribution in [0.3, 0.4) is 0 Å². The van der Waals surface area contributed by atoms with E-state index in [9.17, 15) is 14.9 Å². The molecule has 1 aromatic rings. The third-order valence-corrected chi connectivity index (χ3v) is 4.22. The smallest absolute Gasteiger partial charge is 0.282 e. The number of halogens is 1. The fraction of sp³-hybridized carbons (Fsp3) is 0.500. The molecule has 1 fully saturated rings. The van der Waals surface area contributed by atoms with E-state index in [2.05, 4.69) is 0 Å². The van der Waals surface area contributed by atoms with Gasteiger partial charge in [0.25, 0.3) is 11.6 Å². The number of benzene rings is 1.